The lowest BCUT2D eigenvalue weighted by Gasteiger charge is -2.33. The molecule has 0 saturated carbocycles. The summed E-state index contributed by atoms with van der Waals surface area (Å²) in [5.41, 5.74) is 0.867. The lowest BCUT2D eigenvalue weighted by molar-refractivity contribution is -0.148. The van der Waals surface area contributed by atoms with Crippen molar-refractivity contribution < 1.29 is 28.6 Å². The molecule has 0 radical (unpaired) electrons. The highest BCUT2D eigenvalue weighted by molar-refractivity contribution is 8.00. The summed E-state index contributed by atoms with van der Waals surface area (Å²) in [6.45, 7) is 4.50. The fraction of sp³-hybridized carbons (Fsp3) is 0.500. The van der Waals surface area contributed by atoms with Crippen molar-refractivity contribution in [3.8, 4) is 0 Å². The van der Waals surface area contributed by atoms with Crippen LogP contribution in [0.15, 0.2) is 53.1 Å². The zero-order chi connectivity index (χ0) is 25.7. The molecular formula is C26H33N3O6S. The predicted octanol–water partition coefficient (Wildman–Crippen LogP) is 1.84. The van der Waals surface area contributed by atoms with Crippen molar-refractivity contribution in [2.45, 2.75) is 68.7 Å². The van der Waals surface area contributed by atoms with E-state index in [1.165, 1.54) is 22.9 Å². The molecule has 1 aromatic heterocycles. The fourth-order valence-corrected chi connectivity index (χ4v) is 5.75. The maximum absolute atomic E-state index is 13.6. The van der Waals surface area contributed by atoms with Crippen LogP contribution in [0.25, 0.3) is 0 Å². The van der Waals surface area contributed by atoms with E-state index in [2.05, 4.69) is 10.6 Å². The summed E-state index contributed by atoms with van der Waals surface area (Å²) in [5.74, 6) is -0.419. The molecule has 2 saturated heterocycles. The summed E-state index contributed by atoms with van der Waals surface area (Å²) in [4.78, 5) is 41.0. The Morgan fingerprint density at radius 2 is 1.94 bits per heavy atom. The number of hydrogen-bond donors (Lipinski definition) is 3. The first-order valence-corrected chi connectivity index (χ1v) is 13.1. The van der Waals surface area contributed by atoms with Gasteiger partial charge in [0.1, 0.15) is 17.9 Å². The fourth-order valence-electron chi connectivity index (χ4n) is 4.61. The molecule has 2 aliphatic rings. The van der Waals surface area contributed by atoms with Gasteiger partial charge in [-0.2, -0.15) is 0 Å². The van der Waals surface area contributed by atoms with Gasteiger partial charge in [0.2, 0.25) is 11.8 Å². The molecule has 2 fully saturated rings. The minimum atomic E-state index is -1.54. The quantitative estimate of drug-likeness (QED) is 0.466. The smallest absolute Gasteiger partial charge is 0.254 e. The SMILES string of the molecule is CC1(C)SCN(C(=O)[C@@H](O)[C@H](Cc2ccccc2)NC(=O)[C@@H]2CCCO2)[C@H]1C(=O)NCc1ccco1. The topological polar surface area (TPSA) is 121 Å². The average Bonchev–Trinajstić information content (AvgIpc) is 3.63. The number of amides is 3. The van der Waals surface area contributed by atoms with Gasteiger partial charge in [0.25, 0.3) is 5.91 Å². The van der Waals surface area contributed by atoms with E-state index in [-0.39, 0.29) is 30.7 Å². The van der Waals surface area contributed by atoms with E-state index in [1.54, 1.807) is 12.1 Å². The molecule has 194 valence electrons. The van der Waals surface area contributed by atoms with Crippen LogP contribution in [0.2, 0.25) is 0 Å². The van der Waals surface area contributed by atoms with Crippen molar-refractivity contribution in [2.75, 3.05) is 12.5 Å². The number of hydrogen-bond acceptors (Lipinski definition) is 7. The van der Waals surface area contributed by atoms with Crippen LogP contribution < -0.4 is 10.6 Å². The van der Waals surface area contributed by atoms with Crippen LogP contribution in [0, 0.1) is 0 Å². The molecule has 2 aromatic rings. The van der Waals surface area contributed by atoms with Crippen LogP contribution in [0.5, 0.6) is 0 Å². The first-order valence-electron chi connectivity index (χ1n) is 12.1. The van der Waals surface area contributed by atoms with Crippen LogP contribution in [0.4, 0.5) is 0 Å². The Bertz CT molecular complexity index is 1040. The second-order valence-corrected chi connectivity index (χ2v) is 11.2. The summed E-state index contributed by atoms with van der Waals surface area (Å²) in [6.07, 6.45) is 1.05. The first-order chi connectivity index (χ1) is 17.3. The monoisotopic (exact) mass is 515 g/mol. The second-order valence-electron chi connectivity index (χ2n) is 9.64. The number of nitrogens with zero attached hydrogens (tertiary/aromatic N) is 1. The molecule has 3 heterocycles. The maximum Gasteiger partial charge on any atom is 0.254 e. The van der Waals surface area contributed by atoms with Gasteiger partial charge in [0.15, 0.2) is 6.10 Å². The molecule has 3 N–H and O–H groups in total. The Balaban J connectivity index is 1.50. The van der Waals surface area contributed by atoms with Crippen LogP contribution in [-0.4, -0.2) is 69.3 Å². The molecule has 0 spiro atoms. The molecule has 0 unspecified atom stereocenters. The van der Waals surface area contributed by atoms with Gasteiger partial charge in [-0.3, -0.25) is 14.4 Å². The second kappa shape index (κ2) is 11.5. The van der Waals surface area contributed by atoms with E-state index < -0.39 is 34.9 Å². The molecule has 0 bridgehead atoms. The summed E-state index contributed by atoms with van der Waals surface area (Å²) >= 11 is 1.47. The Hall–Kier alpha value is -2.82. The van der Waals surface area contributed by atoms with Crippen molar-refractivity contribution in [2.24, 2.45) is 0 Å². The summed E-state index contributed by atoms with van der Waals surface area (Å²) in [5, 5.41) is 16.9. The number of nitrogens with one attached hydrogen (secondary N) is 2. The van der Waals surface area contributed by atoms with Gasteiger partial charge < -0.3 is 29.8 Å². The zero-order valence-electron chi connectivity index (χ0n) is 20.5. The maximum atomic E-state index is 13.6. The van der Waals surface area contributed by atoms with Gasteiger partial charge in [0, 0.05) is 11.4 Å². The molecular weight excluding hydrogens is 482 g/mol. The number of ether oxygens (including phenoxy) is 1. The number of aliphatic hydroxyl groups excluding tert-OH is 1. The number of carbonyl (C=O) groups is 3. The number of rotatable bonds is 9. The minimum absolute atomic E-state index is 0.196. The number of furan rings is 1. The molecule has 0 aliphatic carbocycles. The average molecular weight is 516 g/mol. The molecule has 36 heavy (non-hydrogen) atoms. The van der Waals surface area contributed by atoms with Crippen molar-refractivity contribution in [1.82, 2.24) is 15.5 Å². The number of carbonyl (C=O) groups excluding carboxylic acids is 3. The summed E-state index contributed by atoms with van der Waals surface area (Å²) in [6, 6.07) is 11.2. The largest absolute Gasteiger partial charge is 0.467 e. The number of aliphatic hydroxyl groups is 1. The van der Waals surface area contributed by atoms with E-state index in [0.29, 0.717) is 18.8 Å². The van der Waals surface area contributed by atoms with Gasteiger partial charge in [-0.25, -0.2) is 0 Å². The van der Waals surface area contributed by atoms with Gasteiger partial charge in [0.05, 0.1) is 24.7 Å². The highest BCUT2D eigenvalue weighted by Gasteiger charge is 2.49. The van der Waals surface area contributed by atoms with E-state index >= 15 is 0 Å². The van der Waals surface area contributed by atoms with Gasteiger partial charge in [-0.1, -0.05) is 30.3 Å². The standard InChI is InChI=1S/C26H33N3O6S/c1-26(2)22(24(32)27-15-18-10-6-12-34-18)29(16-36-26)25(33)21(30)19(14-17-8-4-3-5-9-17)28-23(31)20-11-7-13-35-20/h3-6,8-10,12,19-22,30H,7,11,13-16H2,1-2H3,(H,27,32)(H,28,31)/t19-,20-,21-,22-/m0/s1. The summed E-state index contributed by atoms with van der Waals surface area (Å²) in [7, 11) is 0. The highest BCUT2D eigenvalue weighted by atomic mass is 32.2. The van der Waals surface area contributed by atoms with Crippen molar-refractivity contribution in [3.63, 3.8) is 0 Å². The molecule has 2 aliphatic heterocycles. The van der Waals surface area contributed by atoms with E-state index in [0.717, 1.165) is 12.0 Å². The normalized spacial score (nSPS) is 22.7. The van der Waals surface area contributed by atoms with Crippen molar-refractivity contribution in [1.29, 1.82) is 0 Å². The van der Waals surface area contributed by atoms with Crippen LogP contribution >= 0.6 is 11.8 Å². The Labute approximate surface area is 214 Å². The Kier molecular flexibility index (Phi) is 8.38. The third kappa shape index (κ3) is 6.11. The minimum Gasteiger partial charge on any atom is -0.467 e. The van der Waals surface area contributed by atoms with E-state index in [9.17, 15) is 19.5 Å². The molecule has 9 nitrogen and oxygen atoms in total. The Morgan fingerprint density at radius 3 is 2.61 bits per heavy atom. The Morgan fingerprint density at radius 1 is 1.17 bits per heavy atom. The highest BCUT2D eigenvalue weighted by Crippen LogP contribution is 2.40. The number of thioether (sulfide) groups is 1. The predicted molar refractivity (Wildman–Crippen MR) is 135 cm³/mol. The first kappa shape index (κ1) is 26.2. The van der Waals surface area contributed by atoms with Crippen molar-refractivity contribution >= 4 is 29.5 Å². The van der Waals surface area contributed by atoms with Crippen LogP contribution in [-0.2, 0) is 32.1 Å². The molecule has 10 heteroatoms. The molecule has 4 atom stereocenters. The summed E-state index contributed by atoms with van der Waals surface area (Å²) < 4.78 is 10.2. The van der Waals surface area contributed by atoms with Crippen molar-refractivity contribution in [3.05, 3.63) is 60.1 Å². The van der Waals surface area contributed by atoms with Gasteiger partial charge in [-0.15, -0.1) is 11.8 Å². The molecule has 4 rings (SSSR count). The lowest BCUT2D eigenvalue weighted by atomic mass is 9.97. The van der Waals surface area contributed by atoms with Gasteiger partial charge in [-0.05, 0) is 50.8 Å². The third-order valence-corrected chi connectivity index (χ3v) is 7.95. The van der Waals surface area contributed by atoms with Crippen LogP contribution in [0.1, 0.15) is 38.0 Å². The zero-order valence-corrected chi connectivity index (χ0v) is 21.3. The molecule has 1 aromatic carbocycles. The van der Waals surface area contributed by atoms with E-state index in [1.807, 2.05) is 44.2 Å². The molecule has 3 amide bonds. The third-order valence-electron chi connectivity index (χ3n) is 6.58. The van der Waals surface area contributed by atoms with Crippen LogP contribution in [0.3, 0.4) is 0 Å². The van der Waals surface area contributed by atoms with Gasteiger partial charge >= 0.3 is 0 Å². The number of benzene rings is 1. The van der Waals surface area contributed by atoms with E-state index in [4.69, 9.17) is 9.15 Å². The lowest BCUT2D eigenvalue weighted by Crippen LogP contribution is -2.59.